The van der Waals surface area contributed by atoms with Gasteiger partial charge in [0.25, 0.3) is 11.8 Å². The molecule has 0 spiro atoms. The monoisotopic (exact) mass is 418 g/mol. The van der Waals surface area contributed by atoms with Crippen molar-refractivity contribution in [2.75, 3.05) is 11.9 Å². The number of piperidine rings is 1. The summed E-state index contributed by atoms with van der Waals surface area (Å²) in [4.78, 5) is 50.0. The second-order valence-electron chi connectivity index (χ2n) is 7.26. The summed E-state index contributed by atoms with van der Waals surface area (Å²) in [5.74, 6) is -1.66. The zero-order valence-electron chi connectivity index (χ0n) is 16.4. The molecule has 0 aliphatic carbocycles. The SMILES string of the molecule is N#Cc1ccnnc1NCCCc1ccc2c(c1)C(=O)N(C1CCC(=O)NC1=O)C2=O. The van der Waals surface area contributed by atoms with Crippen LogP contribution in [0.15, 0.2) is 30.5 Å². The molecular formula is C21H18N6O4. The molecule has 0 saturated carbocycles. The van der Waals surface area contributed by atoms with Crippen molar-refractivity contribution in [2.24, 2.45) is 0 Å². The molecule has 1 aromatic carbocycles. The summed E-state index contributed by atoms with van der Waals surface area (Å²) < 4.78 is 0. The molecule has 2 aromatic rings. The molecule has 1 saturated heterocycles. The highest BCUT2D eigenvalue weighted by Gasteiger charge is 2.44. The zero-order chi connectivity index (χ0) is 22.0. The number of nitriles is 1. The lowest BCUT2D eigenvalue weighted by atomic mass is 10.0. The normalized spacial score (nSPS) is 17.9. The molecule has 0 radical (unpaired) electrons. The molecule has 2 aliphatic rings. The summed E-state index contributed by atoms with van der Waals surface area (Å²) in [5.41, 5.74) is 1.80. The van der Waals surface area contributed by atoms with Gasteiger partial charge >= 0.3 is 0 Å². The van der Waals surface area contributed by atoms with Crippen LogP contribution in [0.1, 0.15) is 51.1 Å². The summed E-state index contributed by atoms with van der Waals surface area (Å²) in [5, 5.41) is 22.0. The Morgan fingerprint density at radius 3 is 2.74 bits per heavy atom. The molecule has 156 valence electrons. The van der Waals surface area contributed by atoms with Gasteiger partial charge in [0.05, 0.1) is 22.9 Å². The summed E-state index contributed by atoms with van der Waals surface area (Å²) in [7, 11) is 0. The van der Waals surface area contributed by atoms with Crippen LogP contribution in [0.25, 0.3) is 0 Å². The van der Waals surface area contributed by atoms with Gasteiger partial charge in [-0.25, -0.2) is 0 Å². The standard InChI is InChI=1S/C21H18N6O4/c22-11-13-7-9-24-26-18(13)23-8-1-2-12-3-4-14-15(10-12)21(31)27(20(14)30)16-5-6-17(28)25-19(16)29/h3-4,7,9-10,16H,1-2,5-6,8H2,(H,23,26)(H,25,28,29). The van der Waals surface area contributed by atoms with Gasteiger partial charge in [0, 0.05) is 13.0 Å². The molecule has 3 heterocycles. The van der Waals surface area contributed by atoms with Crippen LogP contribution in [0.3, 0.4) is 0 Å². The molecule has 0 bridgehead atoms. The number of anilines is 1. The fourth-order valence-corrected chi connectivity index (χ4v) is 3.73. The van der Waals surface area contributed by atoms with Gasteiger partial charge in [0.15, 0.2) is 5.82 Å². The third kappa shape index (κ3) is 3.85. The summed E-state index contributed by atoms with van der Waals surface area (Å²) in [6.07, 6.45) is 2.98. The van der Waals surface area contributed by atoms with Crippen LogP contribution in [0.5, 0.6) is 0 Å². The lowest BCUT2D eigenvalue weighted by Gasteiger charge is -2.27. The molecule has 4 rings (SSSR count). The Bertz CT molecular complexity index is 1140. The van der Waals surface area contributed by atoms with Crippen LogP contribution in [-0.2, 0) is 16.0 Å². The number of amides is 4. The highest BCUT2D eigenvalue weighted by Crippen LogP contribution is 2.28. The lowest BCUT2D eigenvalue weighted by Crippen LogP contribution is -2.54. The minimum absolute atomic E-state index is 0.0847. The van der Waals surface area contributed by atoms with E-state index < -0.39 is 29.7 Å². The second-order valence-corrected chi connectivity index (χ2v) is 7.26. The number of fused-ring (bicyclic) bond motifs is 1. The van der Waals surface area contributed by atoms with Gasteiger partial charge in [0.1, 0.15) is 12.1 Å². The van der Waals surface area contributed by atoms with Gasteiger partial charge in [-0.1, -0.05) is 6.07 Å². The predicted octanol–water partition coefficient (Wildman–Crippen LogP) is 0.794. The average molecular weight is 418 g/mol. The van der Waals surface area contributed by atoms with Crippen LogP contribution in [-0.4, -0.2) is 51.3 Å². The van der Waals surface area contributed by atoms with Crippen molar-refractivity contribution in [3.05, 3.63) is 52.7 Å². The predicted molar refractivity (Wildman–Crippen MR) is 107 cm³/mol. The smallest absolute Gasteiger partial charge is 0.262 e. The first-order chi connectivity index (χ1) is 15.0. The van der Waals surface area contributed by atoms with E-state index in [0.717, 1.165) is 10.5 Å². The van der Waals surface area contributed by atoms with Crippen LogP contribution in [0.4, 0.5) is 5.82 Å². The van der Waals surface area contributed by atoms with Crippen molar-refractivity contribution < 1.29 is 19.2 Å². The third-order valence-electron chi connectivity index (χ3n) is 5.28. The second kappa shape index (κ2) is 8.31. The number of aromatic nitrogens is 2. The van der Waals surface area contributed by atoms with Crippen molar-refractivity contribution in [3.63, 3.8) is 0 Å². The minimum Gasteiger partial charge on any atom is -0.367 e. The molecule has 10 heteroatoms. The fourth-order valence-electron chi connectivity index (χ4n) is 3.73. The van der Waals surface area contributed by atoms with E-state index in [0.29, 0.717) is 30.8 Å². The van der Waals surface area contributed by atoms with Crippen LogP contribution in [0.2, 0.25) is 0 Å². The Morgan fingerprint density at radius 2 is 1.97 bits per heavy atom. The van der Waals surface area contributed by atoms with Gasteiger partial charge in [-0.3, -0.25) is 29.4 Å². The van der Waals surface area contributed by atoms with Crippen molar-refractivity contribution in [1.29, 1.82) is 5.26 Å². The Kier molecular flexibility index (Phi) is 5.41. The first-order valence-corrected chi connectivity index (χ1v) is 9.79. The Balaban J connectivity index is 1.41. The molecule has 2 aliphatic heterocycles. The highest BCUT2D eigenvalue weighted by molar-refractivity contribution is 6.23. The summed E-state index contributed by atoms with van der Waals surface area (Å²) in [6, 6.07) is 7.69. The van der Waals surface area contributed by atoms with Crippen molar-refractivity contribution >= 4 is 29.4 Å². The van der Waals surface area contributed by atoms with Gasteiger partial charge in [-0.2, -0.15) is 10.4 Å². The summed E-state index contributed by atoms with van der Waals surface area (Å²) >= 11 is 0. The lowest BCUT2D eigenvalue weighted by molar-refractivity contribution is -0.136. The molecule has 1 aromatic heterocycles. The first-order valence-electron chi connectivity index (χ1n) is 9.79. The van der Waals surface area contributed by atoms with Crippen LogP contribution in [0, 0.1) is 11.3 Å². The van der Waals surface area contributed by atoms with E-state index >= 15 is 0 Å². The van der Waals surface area contributed by atoms with E-state index in [-0.39, 0.29) is 24.0 Å². The maximum Gasteiger partial charge on any atom is 0.262 e. The number of carbonyl (C=O) groups is 4. The number of nitrogens with zero attached hydrogens (tertiary/aromatic N) is 4. The molecule has 31 heavy (non-hydrogen) atoms. The van der Waals surface area contributed by atoms with Crippen LogP contribution >= 0.6 is 0 Å². The molecule has 10 nitrogen and oxygen atoms in total. The van der Waals surface area contributed by atoms with Crippen LogP contribution < -0.4 is 10.6 Å². The third-order valence-corrected chi connectivity index (χ3v) is 5.28. The van der Waals surface area contributed by atoms with Gasteiger partial charge in [-0.05, 0) is 43.0 Å². The van der Waals surface area contributed by atoms with E-state index in [9.17, 15) is 19.2 Å². The quantitative estimate of drug-likeness (QED) is 0.517. The van der Waals surface area contributed by atoms with Crippen molar-refractivity contribution in [3.8, 4) is 6.07 Å². The van der Waals surface area contributed by atoms with E-state index in [1.54, 1.807) is 24.3 Å². The maximum atomic E-state index is 12.9. The number of hydrogen-bond donors (Lipinski definition) is 2. The topological polar surface area (TPSA) is 145 Å². The van der Waals surface area contributed by atoms with Gasteiger partial charge in [-0.15, -0.1) is 5.10 Å². The maximum absolute atomic E-state index is 12.9. The number of hydrogen-bond acceptors (Lipinski definition) is 8. The fraction of sp³-hybridized carbons (Fsp3) is 0.286. The molecular weight excluding hydrogens is 400 g/mol. The number of benzene rings is 1. The Morgan fingerprint density at radius 1 is 1.16 bits per heavy atom. The highest BCUT2D eigenvalue weighted by atomic mass is 16.2. The zero-order valence-corrected chi connectivity index (χ0v) is 16.4. The number of nitrogens with one attached hydrogen (secondary N) is 2. The Hall–Kier alpha value is -4.13. The molecule has 1 unspecified atom stereocenters. The molecule has 2 N–H and O–H groups in total. The summed E-state index contributed by atoms with van der Waals surface area (Å²) in [6.45, 7) is 0.541. The van der Waals surface area contributed by atoms with E-state index in [2.05, 4.69) is 20.8 Å². The molecule has 4 amide bonds. The number of rotatable bonds is 6. The van der Waals surface area contributed by atoms with E-state index in [4.69, 9.17) is 5.26 Å². The van der Waals surface area contributed by atoms with E-state index in [1.807, 2.05) is 6.07 Å². The number of carbonyl (C=O) groups excluding carboxylic acids is 4. The largest absolute Gasteiger partial charge is 0.367 e. The average Bonchev–Trinajstić information content (AvgIpc) is 3.01. The molecule has 1 atom stereocenters. The number of imide groups is 2. The first kappa shape index (κ1) is 20.2. The Labute approximate surface area is 177 Å². The minimum atomic E-state index is -0.973. The van der Waals surface area contributed by atoms with Gasteiger partial charge < -0.3 is 5.32 Å². The van der Waals surface area contributed by atoms with E-state index in [1.165, 1.54) is 6.20 Å². The van der Waals surface area contributed by atoms with Gasteiger partial charge in [0.2, 0.25) is 11.8 Å². The van der Waals surface area contributed by atoms with Crippen molar-refractivity contribution in [2.45, 2.75) is 31.7 Å². The van der Waals surface area contributed by atoms with Crippen molar-refractivity contribution in [1.82, 2.24) is 20.4 Å². The number of aryl methyl sites for hydroxylation is 1. The molecule has 1 fully saturated rings.